The molecule has 0 fully saturated rings. The lowest BCUT2D eigenvalue weighted by atomic mass is 10.2. The Bertz CT molecular complexity index is 873. The Morgan fingerprint density at radius 1 is 1.21 bits per heavy atom. The lowest BCUT2D eigenvalue weighted by Crippen LogP contribution is -2.32. The molecule has 0 saturated heterocycles. The van der Waals surface area contributed by atoms with E-state index < -0.39 is 0 Å². The van der Waals surface area contributed by atoms with Crippen molar-refractivity contribution in [3.63, 3.8) is 0 Å². The molecule has 3 aromatic rings. The van der Waals surface area contributed by atoms with Gasteiger partial charge in [-0.1, -0.05) is 18.2 Å². The fraction of sp³-hybridized carbons (Fsp3) is 0.333. The van der Waals surface area contributed by atoms with Gasteiger partial charge in [0.25, 0.3) is 5.56 Å². The SMILES string of the molecule is O=C(CCCn1cnnn1)NCCn1ncc2ccccc2c1=O. The van der Waals surface area contributed by atoms with Crippen molar-refractivity contribution >= 4 is 16.7 Å². The van der Waals surface area contributed by atoms with E-state index in [1.54, 1.807) is 16.9 Å². The summed E-state index contributed by atoms with van der Waals surface area (Å²) in [4.78, 5) is 24.1. The zero-order valence-corrected chi connectivity index (χ0v) is 13.0. The van der Waals surface area contributed by atoms with Gasteiger partial charge in [0.15, 0.2) is 0 Å². The molecule has 3 rings (SSSR count). The minimum absolute atomic E-state index is 0.0723. The second kappa shape index (κ2) is 7.44. The fourth-order valence-corrected chi connectivity index (χ4v) is 2.36. The van der Waals surface area contributed by atoms with Crippen LogP contribution in [0.15, 0.2) is 41.6 Å². The summed E-state index contributed by atoms with van der Waals surface area (Å²) < 4.78 is 2.94. The van der Waals surface area contributed by atoms with Crippen molar-refractivity contribution in [3.05, 3.63) is 47.1 Å². The van der Waals surface area contributed by atoms with E-state index in [1.807, 2.05) is 18.2 Å². The number of benzene rings is 1. The molecule has 9 heteroatoms. The molecule has 0 aliphatic rings. The van der Waals surface area contributed by atoms with E-state index in [4.69, 9.17) is 0 Å². The molecule has 1 aromatic carbocycles. The molecule has 9 nitrogen and oxygen atoms in total. The molecule has 24 heavy (non-hydrogen) atoms. The number of aromatic nitrogens is 6. The highest BCUT2D eigenvalue weighted by Gasteiger charge is 2.05. The first-order valence-electron chi connectivity index (χ1n) is 7.66. The number of carbonyl (C=O) groups is 1. The summed E-state index contributed by atoms with van der Waals surface area (Å²) in [7, 11) is 0. The molecule has 0 aliphatic carbocycles. The molecule has 2 aromatic heterocycles. The molecule has 0 saturated carbocycles. The average Bonchev–Trinajstić information content (AvgIpc) is 3.11. The maximum absolute atomic E-state index is 12.3. The number of nitrogens with zero attached hydrogens (tertiary/aromatic N) is 6. The topological polar surface area (TPSA) is 108 Å². The largest absolute Gasteiger partial charge is 0.354 e. The van der Waals surface area contributed by atoms with Gasteiger partial charge < -0.3 is 5.32 Å². The molecule has 2 heterocycles. The van der Waals surface area contributed by atoms with Crippen LogP contribution in [0.4, 0.5) is 0 Å². The van der Waals surface area contributed by atoms with Crippen molar-refractivity contribution in [2.75, 3.05) is 6.54 Å². The van der Waals surface area contributed by atoms with E-state index in [9.17, 15) is 9.59 Å². The molecular formula is C15H17N7O2. The maximum Gasteiger partial charge on any atom is 0.274 e. The van der Waals surface area contributed by atoms with Crippen molar-refractivity contribution in [3.8, 4) is 0 Å². The van der Waals surface area contributed by atoms with Gasteiger partial charge in [-0.15, -0.1) is 5.10 Å². The van der Waals surface area contributed by atoms with Crippen LogP contribution in [0.5, 0.6) is 0 Å². The minimum atomic E-state index is -0.152. The molecule has 0 spiro atoms. The Balaban J connectivity index is 1.47. The maximum atomic E-state index is 12.3. The van der Waals surface area contributed by atoms with Crippen molar-refractivity contribution in [2.45, 2.75) is 25.9 Å². The predicted octanol–water partition coefficient (Wildman–Crippen LogP) is -0.0204. The van der Waals surface area contributed by atoms with Gasteiger partial charge in [-0.25, -0.2) is 9.36 Å². The van der Waals surface area contributed by atoms with Crippen LogP contribution in [0.3, 0.4) is 0 Å². The smallest absolute Gasteiger partial charge is 0.274 e. The standard InChI is InChI=1S/C15H17N7O2/c23-14(6-3-8-21-11-17-19-20-21)16-7-9-22-15(24)13-5-2-1-4-12(13)10-18-22/h1-2,4-5,10-11H,3,6-9H2,(H,16,23). The Morgan fingerprint density at radius 2 is 2.08 bits per heavy atom. The molecule has 0 unspecified atom stereocenters. The predicted molar refractivity (Wildman–Crippen MR) is 86.1 cm³/mol. The van der Waals surface area contributed by atoms with Gasteiger partial charge in [0, 0.05) is 24.9 Å². The van der Waals surface area contributed by atoms with E-state index in [-0.39, 0.29) is 11.5 Å². The van der Waals surface area contributed by atoms with E-state index in [1.165, 1.54) is 11.0 Å². The normalized spacial score (nSPS) is 10.8. The second-order valence-electron chi connectivity index (χ2n) is 5.29. The number of carbonyl (C=O) groups excluding carboxylic acids is 1. The zero-order chi connectivity index (χ0) is 16.8. The Labute approximate surface area is 137 Å². The van der Waals surface area contributed by atoms with E-state index in [2.05, 4.69) is 25.9 Å². The summed E-state index contributed by atoms with van der Waals surface area (Å²) in [6, 6.07) is 7.30. The number of aryl methyl sites for hydroxylation is 1. The third-order valence-electron chi connectivity index (χ3n) is 3.59. The van der Waals surface area contributed by atoms with E-state index in [0.717, 1.165) is 5.39 Å². The number of nitrogens with one attached hydrogen (secondary N) is 1. The third-order valence-corrected chi connectivity index (χ3v) is 3.59. The Hall–Kier alpha value is -3.10. The highest BCUT2D eigenvalue weighted by atomic mass is 16.1. The molecule has 124 valence electrons. The summed E-state index contributed by atoms with van der Waals surface area (Å²) in [6.07, 6.45) is 4.19. The highest BCUT2D eigenvalue weighted by molar-refractivity contribution is 5.80. The summed E-state index contributed by atoms with van der Waals surface area (Å²) in [6.45, 7) is 1.28. The number of amides is 1. The van der Waals surface area contributed by atoms with Crippen LogP contribution in [0.2, 0.25) is 0 Å². The lowest BCUT2D eigenvalue weighted by Gasteiger charge is -2.07. The van der Waals surface area contributed by atoms with Crippen molar-refractivity contribution in [2.24, 2.45) is 0 Å². The molecule has 1 N–H and O–H groups in total. The summed E-state index contributed by atoms with van der Waals surface area (Å²) in [5.41, 5.74) is -0.152. The van der Waals surface area contributed by atoms with Gasteiger partial charge in [0.1, 0.15) is 6.33 Å². The number of rotatable bonds is 7. The highest BCUT2D eigenvalue weighted by Crippen LogP contribution is 2.06. The number of tetrazole rings is 1. The average molecular weight is 327 g/mol. The molecular weight excluding hydrogens is 310 g/mol. The van der Waals surface area contributed by atoms with Gasteiger partial charge in [-0.05, 0) is 22.9 Å². The molecule has 1 amide bonds. The van der Waals surface area contributed by atoms with Crippen LogP contribution in [0, 0.1) is 0 Å². The first kappa shape index (κ1) is 15.8. The fourth-order valence-electron chi connectivity index (χ4n) is 2.36. The first-order valence-corrected chi connectivity index (χ1v) is 7.66. The Morgan fingerprint density at radius 3 is 2.92 bits per heavy atom. The van der Waals surface area contributed by atoms with Crippen LogP contribution in [0.25, 0.3) is 10.8 Å². The first-order chi connectivity index (χ1) is 11.7. The molecule has 0 radical (unpaired) electrons. The molecule has 0 bridgehead atoms. The number of hydrogen-bond acceptors (Lipinski definition) is 6. The molecule has 0 atom stereocenters. The van der Waals surface area contributed by atoms with E-state index in [0.29, 0.717) is 37.9 Å². The minimum Gasteiger partial charge on any atom is -0.354 e. The van der Waals surface area contributed by atoms with Crippen LogP contribution in [-0.4, -0.2) is 42.4 Å². The number of fused-ring (bicyclic) bond motifs is 1. The summed E-state index contributed by atoms with van der Waals surface area (Å²) >= 11 is 0. The quantitative estimate of drug-likeness (QED) is 0.653. The lowest BCUT2D eigenvalue weighted by molar-refractivity contribution is -0.121. The monoisotopic (exact) mass is 327 g/mol. The molecule has 0 aliphatic heterocycles. The van der Waals surface area contributed by atoms with E-state index >= 15 is 0 Å². The van der Waals surface area contributed by atoms with Gasteiger partial charge in [0.2, 0.25) is 5.91 Å². The van der Waals surface area contributed by atoms with Gasteiger partial charge in [-0.3, -0.25) is 9.59 Å². The van der Waals surface area contributed by atoms with Gasteiger partial charge in [-0.2, -0.15) is 5.10 Å². The Kier molecular flexibility index (Phi) is 4.90. The van der Waals surface area contributed by atoms with Crippen LogP contribution < -0.4 is 10.9 Å². The summed E-state index contributed by atoms with van der Waals surface area (Å²) in [5.74, 6) is -0.0723. The van der Waals surface area contributed by atoms with Crippen molar-refractivity contribution in [1.82, 2.24) is 35.3 Å². The van der Waals surface area contributed by atoms with Gasteiger partial charge >= 0.3 is 0 Å². The summed E-state index contributed by atoms with van der Waals surface area (Å²) in [5, 5.41) is 19.1. The second-order valence-corrected chi connectivity index (χ2v) is 5.29. The van der Waals surface area contributed by atoms with Crippen LogP contribution in [-0.2, 0) is 17.9 Å². The number of hydrogen-bond donors (Lipinski definition) is 1. The van der Waals surface area contributed by atoms with Crippen LogP contribution in [0.1, 0.15) is 12.8 Å². The van der Waals surface area contributed by atoms with Gasteiger partial charge in [0.05, 0.1) is 18.1 Å². The van der Waals surface area contributed by atoms with Crippen molar-refractivity contribution in [1.29, 1.82) is 0 Å². The van der Waals surface area contributed by atoms with Crippen molar-refractivity contribution < 1.29 is 4.79 Å². The zero-order valence-electron chi connectivity index (χ0n) is 13.0. The third kappa shape index (κ3) is 3.80. The van der Waals surface area contributed by atoms with Crippen LogP contribution >= 0.6 is 0 Å².